The van der Waals surface area contributed by atoms with E-state index in [0.717, 1.165) is 11.3 Å². The minimum atomic E-state index is 0.298. The Kier molecular flexibility index (Phi) is 3.16. The van der Waals surface area contributed by atoms with Crippen LogP contribution in [0.1, 0.15) is 11.3 Å². The first-order valence-corrected chi connectivity index (χ1v) is 5.17. The Morgan fingerprint density at radius 3 is 3.06 bits per heavy atom. The molecule has 3 N–H and O–H groups in total. The van der Waals surface area contributed by atoms with E-state index in [4.69, 9.17) is 22.4 Å². The summed E-state index contributed by atoms with van der Waals surface area (Å²) in [6.07, 6.45) is 5.01. The standard InChI is InChI=1S/C11H11N3OS/c12-11(16)10-5-9(1-3-13-10)14-6-8-2-4-15-7-8/h1-5,7H,6H2,(H2,12,16)(H,13,14). The van der Waals surface area contributed by atoms with E-state index in [9.17, 15) is 0 Å². The molecule has 4 nitrogen and oxygen atoms in total. The highest BCUT2D eigenvalue weighted by atomic mass is 32.1. The molecular formula is C11H11N3OS. The van der Waals surface area contributed by atoms with Gasteiger partial charge in [0.25, 0.3) is 0 Å². The van der Waals surface area contributed by atoms with Crippen LogP contribution in [-0.2, 0) is 6.54 Å². The lowest BCUT2D eigenvalue weighted by Gasteiger charge is -2.05. The van der Waals surface area contributed by atoms with Crippen LogP contribution in [0.15, 0.2) is 41.3 Å². The number of nitrogens with zero attached hydrogens (tertiary/aromatic N) is 1. The van der Waals surface area contributed by atoms with Crippen LogP contribution in [0, 0.1) is 0 Å². The average molecular weight is 233 g/mol. The number of pyridine rings is 1. The lowest BCUT2D eigenvalue weighted by atomic mass is 10.3. The minimum absolute atomic E-state index is 0.298. The van der Waals surface area contributed by atoms with Crippen molar-refractivity contribution in [3.63, 3.8) is 0 Å². The Hall–Kier alpha value is -1.88. The zero-order valence-electron chi connectivity index (χ0n) is 8.51. The van der Waals surface area contributed by atoms with E-state index >= 15 is 0 Å². The van der Waals surface area contributed by atoms with E-state index in [1.54, 1.807) is 18.7 Å². The summed E-state index contributed by atoms with van der Waals surface area (Å²) in [5, 5.41) is 3.23. The van der Waals surface area contributed by atoms with Gasteiger partial charge in [0.15, 0.2) is 0 Å². The molecule has 0 spiro atoms. The van der Waals surface area contributed by atoms with E-state index in [1.165, 1.54) is 0 Å². The molecular weight excluding hydrogens is 222 g/mol. The summed E-state index contributed by atoms with van der Waals surface area (Å²) < 4.78 is 4.97. The zero-order valence-corrected chi connectivity index (χ0v) is 9.33. The quantitative estimate of drug-likeness (QED) is 0.790. The van der Waals surface area contributed by atoms with Gasteiger partial charge in [-0.15, -0.1) is 0 Å². The third kappa shape index (κ3) is 2.58. The fourth-order valence-corrected chi connectivity index (χ4v) is 1.38. The van der Waals surface area contributed by atoms with Gasteiger partial charge in [-0.1, -0.05) is 12.2 Å². The van der Waals surface area contributed by atoms with Crippen molar-refractivity contribution in [3.8, 4) is 0 Å². The van der Waals surface area contributed by atoms with Crippen LogP contribution >= 0.6 is 12.2 Å². The maximum absolute atomic E-state index is 5.50. The second-order valence-corrected chi connectivity index (χ2v) is 3.72. The van der Waals surface area contributed by atoms with Crippen LogP contribution < -0.4 is 11.1 Å². The number of thiocarbonyl (C=S) groups is 1. The normalized spacial score (nSPS) is 10.0. The fourth-order valence-electron chi connectivity index (χ4n) is 1.27. The number of aromatic nitrogens is 1. The summed E-state index contributed by atoms with van der Waals surface area (Å²) in [5.74, 6) is 0. The molecule has 82 valence electrons. The number of nitrogens with one attached hydrogen (secondary N) is 1. The van der Waals surface area contributed by atoms with Gasteiger partial charge in [0, 0.05) is 24.0 Å². The Labute approximate surface area is 98.5 Å². The van der Waals surface area contributed by atoms with Crippen molar-refractivity contribution in [2.24, 2.45) is 5.73 Å². The molecule has 2 aromatic rings. The van der Waals surface area contributed by atoms with Crippen molar-refractivity contribution < 1.29 is 4.42 Å². The van der Waals surface area contributed by atoms with Crippen LogP contribution in [0.2, 0.25) is 0 Å². The molecule has 0 aliphatic heterocycles. The summed E-state index contributed by atoms with van der Waals surface area (Å²) in [6, 6.07) is 5.59. The van der Waals surface area contributed by atoms with Crippen molar-refractivity contribution in [2.45, 2.75) is 6.54 Å². The number of anilines is 1. The maximum Gasteiger partial charge on any atom is 0.122 e. The average Bonchev–Trinajstić information content (AvgIpc) is 2.79. The molecule has 0 aromatic carbocycles. The van der Waals surface area contributed by atoms with E-state index in [-0.39, 0.29) is 0 Å². The second-order valence-electron chi connectivity index (χ2n) is 3.28. The third-order valence-corrected chi connectivity index (χ3v) is 2.30. The van der Waals surface area contributed by atoms with Crippen molar-refractivity contribution in [1.29, 1.82) is 0 Å². The molecule has 0 aliphatic carbocycles. The number of nitrogens with two attached hydrogens (primary N) is 1. The molecule has 0 saturated carbocycles. The number of hydrogen-bond acceptors (Lipinski definition) is 4. The van der Waals surface area contributed by atoms with Gasteiger partial charge >= 0.3 is 0 Å². The van der Waals surface area contributed by atoms with Gasteiger partial charge in [0.2, 0.25) is 0 Å². The molecule has 0 amide bonds. The summed E-state index contributed by atoms with van der Waals surface area (Å²) in [6.45, 7) is 0.692. The van der Waals surface area contributed by atoms with Crippen molar-refractivity contribution in [1.82, 2.24) is 4.98 Å². The summed E-state index contributed by atoms with van der Waals surface area (Å²) in [4.78, 5) is 4.36. The Morgan fingerprint density at radius 2 is 2.38 bits per heavy atom. The molecule has 2 rings (SSSR count). The van der Waals surface area contributed by atoms with Crippen LogP contribution in [0.5, 0.6) is 0 Å². The number of hydrogen-bond donors (Lipinski definition) is 2. The highest BCUT2D eigenvalue weighted by Crippen LogP contribution is 2.10. The summed E-state index contributed by atoms with van der Waals surface area (Å²) >= 11 is 4.86. The zero-order chi connectivity index (χ0) is 11.4. The highest BCUT2D eigenvalue weighted by Gasteiger charge is 2.00. The minimum Gasteiger partial charge on any atom is -0.472 e. The van der Waals surface area contributed by atoms with Crippen molar-refractivity contribution in [3.05, 3.63) is 48.2 Å². The molecule has 0 aliphatic rings. The van der Waals surface area contributed by atoms with Crippen molar-refractivity contribution >= 4 is 22.9 Å². The van der Waals surface area contributed by atoms with Gasteiger partial charge < -0.3 is 15.5 Å². The van der Waals surface area contributed by atoms with Crippen LogP contribution in [0.25, 0.3) is 0 Å². The van der Waals surface area contributed by atoms with Crippen LogP contribution in [0.3, 0.4) is 0 Å². The number of rotatable bonds is 4. The molecule has 0 radical (unpaired) electrons. The van der Waals surface area contributed by atoms with Gasteiger partial charge in [-0.3, -0.25) is 4.98 Å². The van der Waals surface area contributed by atoms with E-state index in [0.29, 0.717) is 17.2 Å². The Balaban J connectivity index is 2.04. The lowest BCUT2D eigenvalue weighted by Crippen LogP contribution is -2.11. The van der Waals surface area contributed by atoms with Gasteiger partial charge in [0.1, 0.15) is 4.99 Å². The van der Waals surface area contributed by atoms with Gasteiger partial charge in [0.05, 0.1) is 18.2 Å². The molecule has 2 heterocycles. The van der Waals surface area contributed by atoms with Gasteiger partial charge in [-0.25, -0.2) is 0 Å². The first-order chi connectivity index (χ1) is 7.75. The molecule has 0 saturated heterocycles. The van der Waals surface area contributed by atoms with Crippen molar-refractivity contribution in [2.75, 3.05) is 5.32 Å². The van der Waals surface area contributed by atoms with Crippen LogP contribution in [-0.4, -0.2) is 9.97 Å². The molecule has 0 bridgehead atoms. The molecule has 0 unspecified atom stereocenters. The third-order valence-electron chi connectivity index (χ3n) is 2.09. The van der Waals surface area contributed by atoms with Gasteiger partial charge in [-0.05, 0) is 18.2 Å². The Bertz CT molecular complexity index is 482. The van der Waals surface area contributed by atoms with Crippen LogP contribution in [0.4, 0.5) is 5.69 Å². The predicted octanol–water partition coefficient (Wildman–Crippen LogP) is 1.92. The summed E-state index contributed by atoms with van der Waals surface area (Å²) in [5.41, 5.74) is 8.12. The van der Waals surface area contributed by atoms with E-state index < -0.39 is 0 Å². The second kappa shape index (κ2) is 4.76. The molecule has 16 heavy (non-hydrogen) atoms. The topological polar surface area (TPSA) is 64.1 Å². The SMILES string of the molecule is NC(=S)c1cc(NCc2ccoc2)ccn1. The molecule has 0 atom stereocenters. The largest absolute Gasteiger partial charge is 0.472 e. The molecule has 0 fully saturated rings. The first kappa shape index (κ1) is 10.6. The fraction of sp³-hybridized carbons (Fsp3) is 0.0909. The van der Waals surface area contributed by atoms with E-state index in [1.807, 2.05) is 18.2 Å². The van der Waals surface area contributed by atoms with E-state index in [2.05, 4.69) is 10.3 Å². The van der Waals surface area contributed by atoms with Gasteiger partial charge in [-0.2, -0.15) is 0 Å². The lowest BCUT2D eigenvalue weighted by molar-refractivity contribution is 0.564. The predicted molar refractivity (Wildman–Crippen MR) is 66.2 cm³/mol. The number of furan rings is 1. The maximum atomic E-state index is 5.50. The summed E-state index contributed by atoms with van der Waals surface area (Å²) in [7, 11) is 0. The Morgan fingerprint density at radius 1 is 1.50 bits per heavy atom. The molecule has 2 aromatic heterocycles. The molecule has 5 heteroatoms. The smallest absolute Gasteiger partial charge is 0.122 e. The highest BCUT2D eigenvalue weighted by molar-refractivity contribution is 7.80. The monoisotopic (exact) mass is 233 g/mol. The first-order valence-electron chi connectivity index (χ1n) is 4.76.